The second kappa shape index (κ2) is 7.06. The molecule has 130 valence electrons. The van der Waals surface area contributed by atoms with E-state index in [1.807, 2.05) is 42.7 Å². The number of benzene rings is 3. The Balaban J connectivity index is 1.82. The van der Waals surface area contributed by atoms with Gasteiger partial charge in [-0.05, 0) is 60.4 Å². The van der Waals surface area contributed by atoms with Crippen LogP contribution in [0.1, 0.15) is 22.1 Å². The zero-order chi connectivity index (χ0) is 18.1. The van der Waals surface area contributed by atoms with Crippen LogP contribution >= 0.6 is 23.4 Å². The maximum atomic E-state index is 13.3. The largest absolute Gasteiger partial charge is 0.360 e. The number of amides is 1. The van der Waals surface area contributed by atoms with E-state index in [2.05, 4.69) is 29.6 Å². The number of nitrogens with one attached hydrogen (secondary N) is 1. The highest BCUT2D eigenvalue weighted by atomic mass is 35.5. The van der Waals surface area contributed by atoms with Gasteiger partial charge in [0.05, 0.1) is 5.56 Å². The van der Waals surface area contributed by atoms with Crippen LogP contribution in [0.4, 0.5) is 11.4 Å². The lowest BCUT2D eigenvalue weighted by Gasteiger charge is -2.38. The predicted molar refractivity (Wildman–Crippen MR) is 109 cm³/mol. The molecule has 1 amide bonds. The molecule has 1 aliphatic heterocycles. The van der Waals surface area contributed by atoms with Crippen LogP contribution in [0.25, 0.3) is 0 Å². The van der Waals surface area contributed by atoms with Crippen molar-refractivity contribution in [2.45, 2.75) is 11.1 Å². The number of thioether (sulfide) groups is 1. The normalized spacial score (nSPS) is 16.2. The van der Waals surface area contributed by atoms with E-state index < -0.39 is 0 Å². The van der Waals surface area contributed by atoms with Crippen molar-refractivity contribution in [3.63, 3.8) is 0 Å². The summed E-state index contributed by atoms with van der Waals surface area (Å²) in [4.78, 5) is 16.2. The number of hydrogen-bond acceptors (Lipinski definition) is 3. The van der Waals surface area contributed by atoms with Gasteiger partial charge in [0.25, 0.3) is 5.91 Å². The van der Waals surface area contributed by atoms with Crippen LogP contribution in [0.3, 0.4) is 0 Å². The number of carbonyl (C=O) groups excluding carboxylic acids is 1. The number of carbonyl (C=O) groups is 1. The second-order valence-electron chi connectivity index (χ2n) is 6.02. The fraction of sp³-hybridized carbons (Fsp3) is 0.0952. The molecule has 1 N–H and O–H groups in total. The first kappa shape index (κ1) is 17.0. The Morgan fingerprint density at radius 2 is 1.65 bits per heavy atom. The van der Waals surface area contributed by atoms with Gasteiger partial charge in [-0.1, -0.05) is 35.9 Å². The Morgan fingerprint density at radius 1 is 0.962 bits per heavy atom. The van der Waals surface area contributed by atoms with Crippen LogP contribution in [0.15, 0.2) is 77.7 Å². The van der Waals surface area contributed by atoms with Gasteiger partial charge in [0, 0.05) is 21.3 Å². The molecule has 4 rings (SSSR count). The molecule has 1 atom stereocenters. The molecule has 0 spiro atoms. The van der Waals surface area contributed by atoms with Crippen LogP contribution < -0.4 is 10.2 Å². The lowest BCUT2D eigenvalue weighted by Crippen LogP contribution is -2.43. The molecule has 26 heavy (non-hydrogen) atoms. The fourth-order valence-corrected chi connectivity index (χ4v) is 3.68. The molecule has 3 aromatic rings. The molecule has 0 saturated carbocycles. The number of anilines is 2. The molecule has 0 fully saturated rings. The van der Waals surface area contributed by atoms with Gasteiger partial charge in [0.2, 0.25) is 0 Å². The van der Waals surface area contributed by atoms with Gasteiger partial charge in [0.1, 0.15) is 6.17 Å². The Bertz CT molecular complexity index is 941. The van der Waals surface area contributed by atoms with Crippen LogP contribution in [-0.2, 0) is 0 Å². The SMILES string of the molecule is CSc1ccc([C@@H]2Nc3ccccc3C(=O)N2c2ccc(Cl)cc2)cc1. The zero-order valence-electron chi connectivity index (χ0n) is 14.1. The summed E-state index contributed by atoms with van der Waals surface area (Å²) in [5, 5.41) is 4.16. The smallest absolute Gasteiger partial charge is 0.262 e. The van der Waals surface area contributed by atoms with Gasteiger partial charge >= 0.3 is 0 Å². The molecular formula is C21H17ClN2OS. The van der Waals surface area contributed by atoms with Gasteiger partial charge < -0.3 is 5.32 Å². The average molecular weight is 381 g/mol. The Morgan fingerprint density at radius 3 is 2.35 bits per heavy atom. The highest BCUT2D eigenvalue weighted by Crippen LogP contribution is 2.37. The molecular weight excluding hydrogens is 364 g/mol. The molecule has 5 heteroatoms. The van der Waals surface area contributed by atoms with Gasteiger partial charge in [-0.15, -0.1) is 11.8 Å². The van der Waals surface area contributed by atoms with Crippen molar-refractivity contribution >= 4 is 40.6 Å². The zero-order valence-corrected chi connectivity index (χ0v) is 15.7. The van der Waals surface area contributed by atoms with Crippen molar-refractivity contribution in [1.29, 1.82) is 0 Å². The van der Waals surface area contributed by atoms with E-state index in [1.54, 1.807) is 28.8 Å². The molecule has 0 radical (unpaired) electrons. The first-order valence-electron chi connectivity index (χ1n) is 8.26. The van der Waals surface area contributed by atoms with E-state index >= 15 is 0 Å². The number of halogens is 1. The van der Waals surface area contributed by atoms with Crippen LogP contribution in [0.5, 0.6) is 0 Å². The highest BCUT2D eigenvalue weighted by Gasteiger charge is 2.33. The molecule has 0 saturated heterocycles. The number of hydrogen-bond donors (Lipinski definition) is 1. The third-order valence-electron chi connectivity index (χ3n) is 4.46. The standard InChI is InChI=1S/C21H17ClN2OS/c1-26-17-12-6-14(7-13-17)20-23-19-5-3-2-4-18(19)21(25)24(20)16-10-8-15(22)9-11-16/h2-13,20,23H,1H3/t20-/m1/s1. The van der Waals surface area contributed by atoms with Gasteiger partial charge in [0.15, 0.2) is 0 Å². The summed E-state index contributed by atoms with van der Waals surface area (Å²) in [5.74, 6) is -0.0272. The number of para-hydroxylation sites is 1. The predicted octanol–water partition coefficient (Wildman–Crippen LogP) is 5.83. The van der Waals surface area contributed by atoms with Gasteiger partial charge in [-0.2, -0.15) is 0 Å². The summed E-state index contributed by atoms with van der Waals surface area (Å²) in [7, 11) is 0. The molecule has 0 bridgehead atoms. The van der Waals surface area contributed by atoms with E-state index in [9.17, 15) is 4.79 Å². The molecule has 3 nitrogen and oxygen atoms in total. The topological polar surface area (TPSA) is 32.3 Å². The van der Waals surface area contributed by atoms with Gasteiger partial charge in [-0.3, -0.25) is 9.69 Å². The minimum absolute atomic E-state index is 0.0272. The lowest BCUT2D eigenvalue weighted by molar-refractivity contribution is 0.0975. The summed E-state index contributed by atoms with van der Waals surface area (Å²) in [6.45, 7) is 0. The maximum Gasteiger partial charge on any atom is 0.262 e. The molecule has 1 aliphatic rings. The minimum atomic E-state index is -0.283. The third-order valence-corrected chi connectivity index (χ3v) is 5.46. The van der Waals surface area contributed by atoms with Crippen LogP contribution in [-0.4, -0.2) is 12.2 Å². The van der Waals surface area contributed by atoms with E-state index in [1.165, 1.54) is 4.90 Å². The van der Waals surface area contributed by atoms with E-state index in [4.69, 9.17) is 11.6 Å². The summed E-state index contributed by atoms with van der Waals surface area (Å²) < 4.78 is 0. The molecule has 0 aromatic heterocycles. The monoisotopic (exact) mass is 380 g/mol. The van der Waals surface area contributed by atoms with Crippen molar-refractivity contribution in [3.05, 3.63) is 88.9 Å². The minimum Gasteiger partial charge on any atom is -0.360 e. The van der Waals surface area contributed by atoms with E-state index in [-0.39, 0.29) is 12.1 Å². The van der Waals surface area contributed by atoms with Crippen LogP contribution in [0, 0.1) is 0 Å². The Hall–Kier alpha value is -2.43. The number of fused-ring (bicyclic) bond motifs is 1. The Labute approximate surface area is 162 Å². The summed E-state index contributed by atoms with van der Waals surface area (Å²) in [6, 6.07) is 23.2. The molecule has 1 heterocycles. The first-order chi connectivity index (χ1) is 12.7. The van der Waals surface area contributed by atoms with E-state index in [0.29, 0.717) is 10.6 Å². The fourth-order valence-electron chi connectivity index (χ4n) is 3.14. The third kappa shape index (κ3) is 3.06. The van der Waals surface area contributed by atoms with Crippen molar-refractivity contribution < 1.29 is 4.79 Å². The molecule has 3 aromatic carbocycles. The van der Waals surface area contributed by atoms with Crippen molar-refractivity contribution in [1.82, 2.24) is 0 Å². The second-order valence-corrected chi connectivity index (χ2v) is 7.33. The summed E-state index contributed by atoms with van der Waals surface area (Å²) in [5.41, 5.74) is 3.35. The quantitative estimate of drug-likeness (QED) is 0.580. The lowest BCUT2D eigenvalue weighted by atomic mass is 10.0. The summed E-state index contributed by atoms with van der Waals surface area (Å²) >= 11 is 7.73. The number of nitrogens with zero attached hydrogens (tertiary/aromatic N) is 1. The highest BCUT2D eigenvalue weighted by molar-refractivity contribution is 7.98. The summed E-state index contributed by atoms with van der Waals surface area (Å²) in [6.07, 6.45) is 1.77. The Kier molecular flexibility index (Phi) is 4.62. The molecule has 0 unspecified atom stereocenters. The molecule has 0 aliphatic carbocycles. The average Bonchev–Trinajstić information content (AvgIpc) is 2.69. The first-order valence-corrected chi connectivity index (χ1v) is 9.86. The van der Waals surface area contributed by atoms with Crippen LogP contribution in [0.2, 0.25) is 5.02 Å². The van der Waals surface area contributed by atoms with Gasteiger partial charge in [-0.25, -0.2) is 0 Å². The van der Waals surface area contributed by atoms with E-state index in [0.717, 1.165) is 16.9 Å². The van der Waals surface area contributed by atoms with Crippen molar-refractivity contribution in [2.24, 2.45) is 0 Å². The maximum absolute atomic E-state index is 13.3. The van der Waals surface area contributed by atoms with Crippen molar-refractivity contribution in [2.75, 3.05) is 16.5 Å². The number of rotatable bonds is 3. The van der Waals surface area contributed by atoms with Crippen molar-refractivity contribution in [3.8, 4) is 0 Å².